The summed E-state index contributed by atoms with van der Waals surface area (Å²) in [5.74, 6) is 7.44. The van der Waals surface area contributed by atoms with E-state index < -0.39 is 0 Å². The van der Waals surface area contributed by atoms with Crippen LogP contribution in [-0.2, 0) is 0 Å². The summed E-state index contributed by atoms with van der Waals surface area (Å²) in [5.41, 5.74) is 3.38. The number of nitrogens with two attached hydrogens (primary N) is 1. The molecule has 4 nitrogen and oxygen atoms in total. The van der Waals surface area contributed by atoms with Crippen LogP contribution in [0.2, 0.25) is 5.02 Å². The molecule has 1 aromatic heterocycles. The van der Waals surface area contributed by atoms with E-state index in [2.05, 4.69) is 15.4 Å². The van der Waals surface area contributed by atoms with Crippen molar-refractivity contribution in [2.75, 3.05) is 5.43 Å². The molecule has 1 aliphatic rings. The third-order valence-electron chi connectivity index (χ3n) is 2.77. The van der Waals surface area contributed by atoms with E-state index >= 15 is 0 Å². The zero-order chi connectivity index (χ0) is 11.1. The van der Waals surface area contributed by atoms with E-state index in [0.717, 1.165) is 29.6 Å². The van der Waals surface area contributed by atoms with Gasteiger partial charge in [-0.25, -0.2) is 15.8 Å². The van der Waals surface area contributed by atoms with Gasteiger partial charge in [-0.15, -0.1) is 0 Å². The van der Waals surface area contributed by atoms with Crippen molar-refractivity contribution in [2.45, 2.75) is 18.8 Å². The van der Waals surface area contributed by atoms with Crippen LogP contribution in [0.25, 0.3) is 10.9 Å². The molecule has 0 bridgehead atoms. The topological polar surface area (TPSA) is 63.8 Å². The molecule has 1 saturated carbocycles. The molecule has 1 heterocycles. The number of rotatable bonds is 2. The minimum Gasteiger partial charge on any atom is -0.308 e. The molecule has 3 rings (SSSR count). The molecule has 3 N–H and O–H groups in total. The maximum absolute atomic E-state index is 6.12. The fraction of sp³-hybridized carbons (Fsp3) is 0.273. The lowest BCUT2D eigenvalue weighted by Crippen LogP contribution is -2.11. The second kappa shape index (κ2) is 3.57. The highest BCUT2D eigenvalue weighted by Crippen LogP contribution is 2.39. The number of para-hydroxylation sites is 1. The third kappa shape index (κ3) is 1.50. The number of nitrogen functional groups attached to an aromatic ring is 1. The average molecular weight is 235 g/mol. The second-order valence-electron chi connectivity index (χ2n) is 3.99. The molecule has 0 unspecified atom stereocenters. The number of hydrogen-bond donors (Lipinski definition) is 2. The Morgan fingerprint density at radius 2 is 2.12 bits per heavy atom. The van der Waals surface area contributed by atoms with Gasteiger partial charge in [-0.3, -0.25) is 0 Å². The van der Waals surface area contributed by atoms with Crippen molar-refractivity contribution in [3.05, 3.63) is 29.0 Å². The van der Waals surface area contributed by atoms with Crippen LogP contribution in [0.5, 0.6) is 0 Å². The normalized spacial score (nSPS) is 15.4. The third-order valence-corrected chi connectivity index (χ3v) is 3.08. The van der Waals surface area contributed by atoms with Gasteiger partial charge in [-0.2, -0.15) is 0 Å². The van der Waals surface area contributed by atoms with Crippen molar-refractivity contribution in [1.82, 2.24) is 9.97 Å². The van der Waals surface area contributed by atoms with E-state index in [4.69, 9.17) is 17.4 Å². The maximum Gasteiger partial charge on any atom is 0.151 e. The number of nitrogens with zero attached hydrogens (tertiary/aromatic N) is 2. The quantitative estimate of drug-likeness (QED) is 0.619. The SMILES string of the molecule is NNc1nc(C2CC2)nc2c(Cl)cccc12. The van der Waals surface area contributed by atoms with Crippen molar-refractivity contribution in [3.63, 3.8) is 0 Å². The summed E-state index contributed by atoms with van der Waals surface area (Å²) in [6.45, 7) is 0. The summed E-state index contributed by atoms with van der Waals surface area (Å²) in [6.07, 6.45) is 2.31. The predicted molar refractivity (Wildman–Crippen MR) is 64.3 cm³/mol. The molecule has 0 amide bonds. The van der Waals surface area contributed by atoms with Gasteiger partial charge in [0.15, 0.2) is 5.82 Å². The second-order valence-corrected chi connectivity index (χ2v) is 4.39. The van der Waals surface area contributed by atoms with Crippen molar-refractivity contribution >= 4 is 28.3 Å². The maximum atomic E-state index is 6.12. The van der Waals surface area contributed by atoms with Gasteiger partial charge in [0, 0.05) is 11.3 Å². The number of aromatic nitrogens is 2. The Kier molecular flexibility index (Phi) is 2.19. The highest BCUT2D eigenvalue weighted by molar-refractivity contribution is 6.35. The van der Waals surface area contributed by atoms with Crippen molar-refractivity contribution in [1.29, 1.82) is 0 Å². The standard InChI is InChI=1S/C11H11ClN4/c12-8-3-1-2-7-9(8)14-10(6-4-5-6)15-11(7)16-13/h1-3,6H,4-5,13H2,(H,14,15,16). The minimum atomic E-state index is 0.479. The molecule has 0 spiro atoms. The van der Waals surface area contributed by atoms with Crippen LogP contribution >= 0.6 is 11.6 Å². The summed E-state index contributed by atoms with van der Waals surface area (Å²) in [5, 5.41) is 1.50. The van der Waals surface area contributed by atoms with Gasteiger partial charge in [-0.1, -0.05) is 17.7 Å². The lowest BCUT2D eigenvalue weighted by Gasteiger charge is -2.08. The first-order valence-corrected chi connectivity index (χ1v) is 5.60. The number of hydrazine groups is 1. The van der Waals surface area contributed by atoms with Crippen LogP contribution in [0.1, 0.15) is 24.6 Å². The van der Waals surface area contributed by atoms with E-state index in [1.165, 1.54) is 0 Å². The van der Waals surface area contributed by atoms with Gasteiger partial charge in [0.25, 0.3) is 0 Å². The minimum absolute atomic E-state index is 0.479. The average Bonchev–Trinajstić information content (AvgIpc) is 3.12. The Morgan fingerprint density at radius 3 is 2.81 bits per heavy atom. The molecule has 1 fully saturated rings. The van der Waals surface area contributed by atoms with Crippen LogP contribution in [-0.4, -0.2) is 9.97 Å². The molecule has 1 aromatic carbocycles. The highest BCUT2D eigenvalue weighted by Gasteiger charge is 2.27. The predicted octanol–water partition coefficient (Wildman–Crippen LogP) is 2.45. The summed E-state index contributed by atoms with van der Waals surface area (Å²) in [7, 11) is 0. The number of hydrogen-bond acceptors (Lipinski definition) is 4. The Hall–Kier alpha value is -1.39. The Morgan fingerprint density at radius 1 is 1.31 bits per heavy atom. The van der Waals surface area contributed by atoms with Crippen molar-refractivity contribution in [2.24, 2.45) is 5.84 Å². The van der Waals surface area contributed by atoms with Crippen molar-refractivity contribution in [3.8, 4) is 0 Å². The Bertz CT molecular complexity index is 551. The van der Waals surface area contributed by atoms with Crippen molar-refractivity contribution < 1.29 is 0 Å². The monoisotopic (exact) mass is 234 g/mol. The largest absolute Gasteiger partial charge is 0.308 e. The molecule has 82 valence electrons. The molecule has 0 aliphatic heterocycles. The van der Waals surface area contributed by atoms with Gasteiger partial charge in [0.05, 0.1) is 10.5 Å². The van der Waals surface area contributed by atoms with E-state index in [0.29, 0.717) is 16.8 Å². The molecule has 5 heteroatoms. The van der Waals surface area contributed by atoms with Gasteiger partial charge in [0.1, 0.15) is 5.82 Å². The number of anilines is 1. The molecule has 0 saturated heterocycles. The van der Waals surface area contributed by atoms with E-state index in [1.54, 1.807) is 0 Å². The Labute approximate surface area is 97.8 Å². The molecule has 1 aliphatic carbocycles. The molecule has 16 heavy (non-hydrogen) atoms. The molecule has 2 aromatic rings. The molecule has 0 atom stereocenters. The van der Waals surface area contributed by atoms with Crippen LogP contribution in [0.3, 0.4) is 0 Å². The van der Waals surface area contributed by atoms with E-state index in [-0.39, 0.29) is 0 Å². The first-order chi connectivity index (χ1) is 7.79. The summed E-state index contributed by atoms with van der Waals surface area (Å²) < 4.78 is 0. The van der Waals surface area contributed by atoms with Crippen LogP contribution in [0, 0.1) is 0 Å². The summed E-state index contributed by atoms with van der Waals surface area (Å²) in [6, 6.07) is 5.60. The van der Waals surface area contributed by atoms with E-state index in [9.17, 15) is 0 Å². The summed E-state index contributed by atoms with van der Waals surface area (Å²) >= 11 is 6.12. The smallest absolute Gasteiger partial charge is 0.151 e. The van der Waals surface area contributed by atoms with Gasteiger partial charge in [-0.05, 0) is 25.0 Å². The van der Waals surface area contributed by atoms with Gasteiger partial charge < -0.3 is 5.43 Å². The fourth-order valence-corrected chi connectivity index (χ4v) is 1.99. The lowest BCUT2D eigenvalue weighted by atomic mass is 10.2. The van der Waals surface area contributed by atoms with E-state index in [1.807, 2.05) is 18.2 Å². The molecule has 0 radical (unpaired) electrons. The first-order valence-electron chi connectivity index (χ1n) is 5.22. The number of halogens is 1. The molecular weight excluding hydrogens is 224 g/mol. The summed E-state index contributed by atoms with van der Waals surface area (Å²) in [4.78, 5) is 8.92. The number of fused-ring (bicyclic) bond motifs is 1. The van der Waals surface area contributed by atoms with Gasteiger partial charge >= 0.3 is 0 Å². The number of nitrogens with one attached hydrogen (secondary N) is 1. The van der Waals surface area contributed by atoms with Gasteiger partial charge in [0.2, 0.25) is 0 Å². The fourth-order valence-electron chi connectivity index (χ4n) is 1.77. The highest BCUT2D eigenvalue weighted by atomic mass is 35.5. The van der Waals surface area contributed by atoms with Crippen LogP contribution < -0.4 is 11.3 Å². The lowest BCUT2D eigenvalue weighted by molar-refractivity contribution is 0.946. The zero-order valence-electron chi connectivity index (χ0n) is 8.57. The zero-order valence-corrected chi connectivity index (χ0v) is 9.33. The van der Waals surface area contributed by atoms with Crippen LogP contribution in [0.4, 0.5) is 5.82 Å². The first kappa shape index (κ1) is 9.81. The van der Waals surface area contributed by atoms with Crippen LogP contribution in [0.15, 0.2) is 18.2 Å². The Balaban J connectivity index is 2.30. The molecular formula is C11H11ClN4. The number of benzene rings is 1.